The van der Waals surface area contributed by atoms with Crippen molar-refractivity contribution in [2.24, 2.45) is 11.3 Å². The number of hydrogen-bond acceptors (Lipinski definition) is 4. The standard InChI is InChI=1S/C25H25F4N3O2/c1-16-2-3-17(10-22(16)26)23(34)31-8-6-24(7-9-31)15-32(13-19(24)14-33)20-5-4-18(12-30)21(11-20)25(27,28)29/h2-5,10-11,19,33H,6-9,13-15H2,1H3. The van der Waals surface area contributed by atoms with Crippen molar-refractivity contribution in [2.45, 2.75) is 25.9 Å². The smallest absolute Gasteiger partial charge is 0.396 e. The second kappa shape index (κ2) is 8.91. The Hall–Kier alpha value is -3.12. The van der Waals surface area contributed by atoms with Gasteiger partial charge in [0.15, 0.2) is 0 Å². The Morgan fingerprint density at radius 2 is 1.91 bits per heavy atom. The van der Waals surface area contributed by atoms with E-state index in [1.165, 1.54) is 18.2 Å². The summed E-state index contributed by atoms with van der Waals surface area (Å²) in [6, 6.07) is 9.68. The number of nitriles is 1. The van der Waals surface area contributed by atoms with Crippen LogP contribution in [0.25, 0.3) is 0 Å². The number of amides is 1. The van der Waals surface area contributed by atoms with Crippen LogP contribution in [0.15, 0.2) is 36.4 Å². The Morgan fingerprint density at radius 1 is 1.21 bits per heavy atom. The molecule has 0 bridgehead atoms. The average molecular weight is 475 g/mol. The van der Waals surface area contributed by atoms with Gasteiger partial charge in [0.2, 0.25) is 0 Å². The Bertz CT molecular complexity index is 1130. The summed E-state index contributed by atoms with van der Waals surface area (Å²) in [6.45, 7) is 3.18. The average Bonchev–Trinajstić information content (AvgIpc) is 3.17. The summed E-state index contributed by atoms with van der Waals surface area (Å²) in [6.07, 6.45) is -3.48. The van der Waals surface area contributed by atoms with Crippen LogP contribution in [-0.4, -0.2) is 48.7 Å². The fourth-order valence-electron chi connectivity index (χ4n) is 5.17. The molecule has 2 heterocycles. The number of hydrogen-bond donors (Lipinski definition) is 1. The van der Waals surface area contributed by atoms with Gasteiger partial charge in [-0.2, -0.15) is 18.4 Å². The molecule has 9 heteroatoms. The molecule has 0 radical (unpaired) electrons. The van der Waals surface area contributed by atoms with Gasteiger partial charge in [-0.1, -0.05) is 6.07 Å². The second-order valence-corrected chi connectivity index (χ2v) is 9.22. The summed E-state index contributed by atoms with van der Waals surface area (Å²) in [5.41, 5.74) is -0.653. The topological polar surface area (TPSA) is 67.6 Å². The Labute approximate surface area is 195 Å². The zero-order valence-corrected chi connectivity index (χ0v) is 18.7. The summed E-state index contributed by atoms with van der Waals surface area (Å²) in [5.74, 6) is -0.857. The summed E-state index contributed by atoms with van der Waals surface area (Å²) >= 11 is 0. The van der Waals surface area contributed by atoms with Gasteiger partial charge in [0.25, 0.3) is 5.91 Å². The zero-order chi connectivity index (χ0) is 24.7. The van der Waals surface area contributed by atoms with Gasteiger partial charge in [-0.25, -0.2) is 4.39 Å². The second-order valence-electron chi connectivity index (χ2n) is 9.22. The number of carbonyl (C=O) groups is 1. The SMILES string of the molecule is Cc1ccc(C(=O)N2CCC3(CC2)CN(c2ccc(C#N)c(C(F)(F)F)c2)CC3CO)cc1F. The molecule has 1 atom stereocenters. The molecule has 1 spiro atoms. The van der Waals surface area contributed by atoms with Gasteiger partial charge in [-0.05, 0) is 61.1 Å². The fraction of sp³-hybridized carbons (Fsp3) is 0.440. The monoisotopic (exact) mass is 475 g/mol. The van der Waals surface area contributed by atoms with Gasteiger partial charge in [0.05, 0.1) is 17.2 Å². The molecule has 2 aliphatic rings. The van der Waals surface area contributed by atoms with Crippen LogP contribution in [-0.2, 0) is 6.18 Å². The number of carbonyl (C=O) groups excluding carboxylic acids is 1. The molecule has 2 aliphatic heterocycles. The molecule has 1 unspecified atom stereocenters. The Kier molecular flexibility index (Phi) is 6.30. The first-order chi connectivity index (χ1) is 16.1. The van der Waals surface area contributed by atoms with E-state index in [4.69, 9.17) is 5.26 Å². The number of rotatable bonds is 3. The molecule has 1 amide bonds. The maximum absolute atomic E-state index is 13.9. The molecular weight excluding hydrogens is 450 g/mol. The lowest BCUT2D eigenvalue weighted by Gasteiger charge is -2.42. The van der Waals surface area contributed by atoms with Crippen molar-refractivity contribution < 1.29 is 27.5 Å². The van der Waals surface area contributed by atoms with Gasteiger partial charge >= 0.3 is 6.18 Å². The molecule has 1 N–H and O–H groups in total. The molecule has 4 rings (SSSR count). The number of aryl methyl sites for hydroxylation is 1. The van der Waals surface area contributed by atoms with E-state index in [2.05, 4.69) is 0 Å². The summed E-state index contributed by atoms with van der Waals surface area (Å²) in [4.78, 5) is 16.3. The van der Waals surface area contributed by atoms with Gasteiger partial charge in [-0.15, -0.1) is 0 Å². The lowest BCUT2D eigenvalue weighted by molar-refractivity contribution is -0.137. The highest BCUT2D eigenvalue weighted by Crippen LogP contribution is 2.46. The van der Waals surface area contributed by atoms with Crippen molar-refractivity contribution >= 4 is 11.6 Å². The molecule has 2 aromatic carbocycles. The predicted octanol–water partition coefficient (Wildman–Crippen LogP) is 4.38. The molecule has 2 aromatic rings. The van der Waals surface area contributed by atoms with Gasteiger partial charge in [-0.3, -0.25) is 4.79 Å². The normalized spacial score (nSPS) is 20.0. The number of aliphatic hydroxyl groups excluding tert-OH is 1. The highest BCUT2D eigenvalue weighted by Gasteiger charge is 2.48. The molecule has 34 heavy (non-hydrogen) atoms. The minimum atomic E-state index is -4.64. The summed E-state index contributed by atoms with van der Waals surface area (Å²) < 4.78 is 54.2. The molecular formula is C25H25F4N3O2. The van der Waals surface area contributed by atoms with Crippen LogP contribution in [0.2, 0.25) is 0 Å². The highest BCUT2D eigenvalue weighted by molar-refractivity contribution is 5.94. The van der Waals surface area contributed by atoms with E-state index in [-0.39, 0.29) is 29.4 Å². The number of aliphatic hydroxyl groups is 1. The van der Waals surface area contributed by atoms with Crippen LogP contribution < -0.4 is 4.90 Å². The first-order valence-corrected chi connectivity index (χ1v) is 11.1. The predicted molar refractivity (Wildman–Crippen MR) is 118 cm³/mol. The molecule has 0 aliphatic carbocycles. The maximum Gasteiger partial charge on any atom is 0.417 e. The van der Waals surface area contributed by atoms with E-state index < -0.39 is 23.1 Å². The van der Waals surface area contributed by atoms with Crippen molar-refractivity contribution in [2.75, 3.05) is 37.7 Å². The van der Waals surface area contributed by atoms with E-state index in [0.29, 0.717) is 50.3 Å². The van der Waals surface area contributed by atoms with Crippen molar-refractivity contribution in [3.8, 4) is 6.07 Å². The zero-order valence-electron chi connectivity index (χ0n) is 18.7. The first kappa shape index (κ1) is 24.0. The molecule has 0 aromatic heterocycles. The van der Waals surface area contributed by atoms with Crippen molar-refractivity contribution in [3.63, 3.8) is 0 Å². The number of benzene rings is 2. The lowest BCUT2D eigenvalue weighted by Crippen LogP contribution is -2.47. The summed E-state index contributed by atoms with van der Waals surface area (Å²) in [7, 11) is 0. The minimum Gasteiger partial charge on any atom is -0.396 e. The largest absolute Gasteiger partial charge is 0.417 e. The highest BCUT2D eigenvalue weighted by atomic mass is 19.4. The lowest BCUT2D eigenvalue weighted by atomic mass is 9.71. The molecule has 5 nitrogen and oxygen atoms in total. The van der Waals surface area contributed by atoms with Crippen LogP contribution in [0.1, 0.15) is 39.9 Å². The maximum atomic E-state index is 13.9. The molecule has 0 saturated carbocycles. The van der Waals surface area contributed by atoms with E-state index in [1.807, 2.05) is 4.90 Å². The molecule has 2 saturated heterocycles. The number of likely N-dealkylation sites (tertiary alicyclic amines) is 1. The summed E-state index contributed by atoms with van der Waals surface area (Å²) in [5, 5.41) is 19.1. The molecule has 180 valence electrons. The van der Waals surface area contributed by atoms with Crippen molar-refractivity contribution in [1.82, 2.24) is 4.90 Å². The Morgan fingerprint density at radius 3 is 2.50 bits per heavy atom. The fourth-order valence-corrected chi connectivity index (χ4v) is 5.17. The minimum absolute atomic E-state index is 0.115. The van der Waals surface area contributed by atoms with Gasteiger partial charge < -0.3 is 14.9 Å². The number of anilines is 1. The number of alkyl halides is 3. The van der Waals surface area contributed by atoms with E-state index in [0.717, 1.165) is 6.07 Å². The van der Waals surface area contributed by atoms with E-state index in [9.17, 15) is 27.5 Å². The quantitative estimate of drug-likeness (QED) is 0.670. The van der Waals surface area contributed by atoms with Gasteiger partial charge in [0.1, 0.15) is 5.82 Å². The van der Waals surface area contributed by atoms with E-state index in [1.54, 1.807) is 30.0 Å². The van der Waals surface area contributed by atoms with Crippen LogP contribution in [0.5, 0.6) is 0 Å². The number of piperidine rings is 1. The number of nitrogens with zero attached hydrogens (tertiary/aromatic N) is 3. The van der Waals surface area contributed by atoms with Crippen LogP contribution >= 0.6 is 0 Å². The van der Waals surface area contributed by atoms with Crippen LogP contribution in [0, 0.1) is 35.4 Å². The third kappa shape index (κ3) is 4.34. The Balaban J connectivity index is 1.51. The van der Waals surface area contributed by atoms with Crippen molar-refractivity contribution in [1.29, 1.82) is 5.26 Å². The third-order valence-corrected chi connectivity index (χ3v) is 7.29. The third-order valence-electron chi connectivity index (χ3n) is 7.29. The van der Waals surface area contributed by atoms with Crippen LogP contribution in [0.4, 0.5) is 23.2 Å². The van der Waals surface area contributed by atoms with E-state index >= 15 is 0 Å². The van der Waals surface area contributed by atoms with Crippen LogP contribution in [0.3, 0.4) is 0 Å². The number of halogens is 4. The van der Waals surface area contributed by atoms with Crippen molar-refractivity contribution in [3.05, 3.63) is 64.5 Å². The first-order valence-electron chi connectivity index (χ1n) is 11.1. The molecule has 2 fully saturated rings. The van der Waals surface area contributed by atoms with Gasteiger partial charge in [0, 0.05) is 50.0 Å².